The van der Waals surface area contributed by atoms with E-state index < -0.39 is 84.8 Å². The number of carbonyl (C=O) groups excluding carboxylic acids is 6. The van der Waals surface area contributed by atoms with Crippen LogP contribution in [0.2, 0.25) is 0 Å². The minimum Gasteiger partial charge on any atom is -0.463 e. The minimum atomic E-state index is -1.62. The zero-order valence-electron chi connectivity index (χ0n) is 28.6. The van der Waals surface area contributed by atoms with Gasteiger partial charge in [-0.25, -0.2) is 4.79 Å². The number of esters is 4. The molecule has 0 spiro atoms. The number of amides is 2. The number of ether oxygens (including phenoxy) is 6. The maximum Gasteiger partial charge on any atom is 0.409 e. The predicted molar refractivity (Wildman–Crippen MR) is 165 cm³/mol. The van der Waals surface area contributed by atoms with E-state index in [0.717, 1.165) is 53.4 Å². The average Bonchev–Trinajstić information content (AvgIpc) is 2.91. The first-order chi connectivity index (χ1) is 21.5. The lowest BCUT2D eigenvalue weighted by Crippen LogP contribution is -2.66. The Kier molecular flexibility index (Phi) is 18.2. The molecular weight excluding hydrogens is 604 g/mol. The Bertz CT molecular complexity index is 1010. The van der Waals surface area contributed by atoms with E-state index in [1.165, 1.54) is 25.7 Å². The third kappa shape index (κ3) is 16.8. The largest absolute Gasteiger partial charge is 0.463 e. The molecular formula is C32H54N2O12. The van der Waals surface area contributed by atoms with E-state index >= 15 is 0 Å². The summed E-state index contributed by atoms with van der Waals surface area (Å²) in [6.45, 7) is 11.3. The summed E-state index contributed by atoms with van der Waals surface area (Å²) in [7, 11) is 0. The molecule has 0 saturated carbocycles. The molecule has 2 N–H and O–H groups in total. The number of nitrogens with one attached hydrogen (secondary N) is 2. The summed E-state index contributed by atoms with van der Waals surface area (Å²) in [5.74, 6) is -3.94. The quantitative estimate of drug-likeness (QED) is 0.0936. The first-order valence-corrected chi connectivity index (χ1v) is 16.1. The highest BCUT2D eigenvalue weighted by Crippen LogP contribution is 2.30. The summed E-state index contributed by atoms with van der Waals surface area (Å²) in [6, 6.07) is 0. The third-order valence-corrected chi connectivity index (χ3v) is 6.85. The molecule has 1 rings (SSSR count). The van der Waals surface area contributed by atoms with Crippen LogP contribution in [0.5, 0.6) is 0 Å². The van der Waals surface area contributed by atoms with Crippen molar-refractivity contribution in [2.45, 2.75) is 162 Å². The lowest BCUT2D eigenvalue weighted by molar-refractivity contribution is -0.249. The zero-order chi connectivity index (χ0) is 34.9. The first-order valence-electron chi connectivity index (χ1n) is 16.1. The fraction of sp³-hybridized carbons (Fsp3) is 0.812. The van der Waals surface area contributed by atoms with Crippen molar-refractivity contribution in [1.82, 2.24) is 10.6 Å². The normalized spacial score (nSPS) is 21.7. The van der Waals surface area contributed by atoms with Gasteiger partial charge in [-0.05, 0) is 33.6 Å². The van der Waals surface area contributed by atoms with Crippen molar-refractivity contribution in [1.29, 1.82) is 0 Å². The highest BCUT2D eigenvalue weighted by molar-refractivity contribution is 5.83. The van der Waals surface area contributed by atoms with Gasteiger partial charge in [-0.1, -0.05) is 58.3 Å². The van der Waals surface area contributed by atoms with Gasteiger partial charge < -0.3 is 39.1 Å². The Morgan fingerprint density at radius 1 is 0.674 bits per heavy atom. The second-order valence-electron chi connectivity index (χ2n) is 12.4. The molecule has 0 aromatic carbocycles. The van der Waals surface area contributed by atoms with Gasteiger partial charge in [0.2, 0.25) is 0 Å². The second-order valence-corrected chi connectivity index (χ2v) is 12.4. The molecule has 46 heavy (non-hydrogen) atoms. The zero-order valence-corrected chi connectivity index (χ0v) is 28.6. The second kappa shape index (κ2) is 20.7. The highest BCUT2D eigenvalue weighted by atomic mass is 16.7. The van der Waals surface area contributed by atoms with E-state index in [-0.39, 0.29) is 0 Å². The van der Waals surface area contributed by atoms with E-state index in [9.17, 15) is 28.8 Å². The number of hydrogen-bond donors (Lipinski definition) is 2. The predicted octanol–water partition coefficient (Wildman–Crippen LogP) is 4.00. The topological polar surface area (TPSA) is 182 Å². The van der Waals surface area contributed by atoms with Crippen molar-refractivity contribution in [3.63, 3.8) is 0 Å². The molecule has 1 fully saturated rings. The lowest BCUT2D eigenvalue weighted by atomic mass is 9.93. The first kappa shape index (κ1) is 40.6. The van der Waals surface area contributed by atoms with Gasteiger partial charge >= 0.3 is 30.0 Å². The van der Waals surface area contributed by atoms with E-state index in [2.05, 4.69) is 17.6 Å². The average molecular weight is 659 g/mol. The van der Waals surface area contributed by atoms with Crippen LogP contribution in [0.3, 0.4) is 0 Å². The van der Waals surface area contributed by atoms with E-state index in [4.69, 9.17) is 28.4 Å². The standard InChI is InChI=1S/C32H54N2O12/c1-9-10-11-12-13-14-15-16-17-18-25(34-31(40)46-32(6,7)8)33-30(39)29-28(44-23(5)38)27(43-22(4)37)26(42-21(3)36)24(45-29)19-41-20(2)35/h24-29H,9-19H2,1-8H3,(H,33,39)(H,34,40)/t24-,25-,26-,27+,28-,29+/m1/s1. The van der Waals surface area contributed by atoms with Crippen LogP contribution >= 0.6 is 0 Å². The summed E-state index contributed by atoms with van der Waals surface area (Å²) in [5.41, 5.74) is -0.795. The van der Waals surface area contributed by atoms with Crippen molar-refractivity contribution in [3.8, 4) is 0 Å². The minimum absolute atomic E-state index is 0.353. The number of hydrogen-bond acceptors (Lipinski definition) is 12. The van der Waals surface area contributed by atoms with Gasteiger partial charge in [-0.2, -0.15) is 0 Å². The summed E-state index contributed by atoms with van der Waals surface area (Å²) >= 11 is 0. The lowest BCUT2D eigenvalue weighted by Gasteiger charge is -2.44. The third-order valence-electron chi connectivity index (χ3n) is 6.85. The smallest absolute Gasteiger partial charge is 0.409 e. The van der Waals surface area contributed by atoms with Crippen LogP contribution in [0.25, 0.3) is 0 Å². The van der Waals surface area contributed by atoms with Gasteiger partial charge in [0.15, 0.2) is 24.4 Å². The molecule has 0 unspecified atom stereocenters. The summed E-state index contributed by atoms with van der Waals surface area (Å²) < 4.78 is 32.6. The van der Waals surface area contributed by atoms with Crippen molar-refractivity contribution >= 4 is 35.9 Å². The van der Waals surface area contributed by atoms with Crippen LogP contribution in [-0.2, 0) is 52.4 Å². The van der Waals surface area contributed by atoms with E-state index in [1.807, 2.05) is 0 Å². The molecule has 2 amide bonds. The van der Waals surface area contributed by atoms with Crippen LogP contribution in [0.4, 0.5) is 4.79 Å². The Balaban J connectivity index is 3.23. The molecule has 1 aliphatic heterocycles. The SMILES string of the molecule is CCCCCCCCCCC[C@@H](NC(=O)OC(C)(C)C)NC(=O)[C@H]1O[C@H](COC(C)=O)[C@@H](OC(C)=O)[C@H](OC(C)=O)[C@H]1OC(C)=O. The Labute approximate surface area is 272 Å². The Hall–Kier alpha value is -3.42. The number of carbonyl (C=O) groups is 6. The summed E-state index contributed by atoms with van der Waals surface area (Å²) in [5, 5.41) is 5.40. The van der Waals surface area contributed by atoms with Crippen molar-refractivity contribution < 1.29 is 57.2 Å². The molecule has 1 saturated heterocycles. The molecule has 0 bridgehead atoms. The molecule has 0 aromatic heterocycles. The molecule has 1 aliphatic rings. The van der Waals surface area contributed by atoms with Gasteiger partial charge in [-0.15, -0.1) is 0 Å². The molecule has 264 valence electrons. The molecule has 14 heteroatoms. The van der Waals surface area contributed by atoms with Crippen LogP contribution < -0.4 is 10.6 Å². The van der Waals surface area contributed by atoms with E-state index in [0.29, 0.717) is 12.8 Å². The Morgan fingerprint density at radius 2 is 1.17 bits per heavy atom. The highest BCUT2D eigenvalue weighted by Gasteiger charge is 2.54. The van der Waals surface area contributed by atoms with Crippen molar-refractivity contribution in [2.75, 3.05) is 6.61 Å². The maximum atomic E-state index is 13.8. The van der Waals surface area contributed by atoms with Crippen LogP contribution in [-0.4, -0.2) is 84.8 Å². The summed E-state index contributed by atoms with van der Waals surface area (Å²) in [6.07, 6.45) is 0.971. The van der Waals surface area contributed by atoms with Crippen LogP contribution in [0, 0.1) is 0 Å². The number of unbranched alkanes of at least 4 members (excludes halogenated alkanes) is 8. The monoisotopic (exact) mass is 658 g/mol. The number of rotatable bonds is 18. The van der Waals surface area contributed by atoms with Crippen LogP contribution in [0.15, 0.2) is 0 Å². The summed E-state index contributed by atoms with van der Waals surface area (Å²) in [4.78, 5) is 74.3. The molecule has 0 aromatic rings. The molecule has 14 nitrogen and oxygen atoms in total. The van der Waals surface area contributed by atoms with Gasteiger partial charge in [0.25, 0.3) is 5.91 Å². The molecule has 6 atom stereocenters. The molecule has 0 aliphatic carbocycles. The van der Waals surface area contributed by atoms with Crippen molar-refractivity contribution in [3.05, 3.63) is 0 Å². The molecule has 0 radical (unpaired) electrons. The maximum absolute atomic E-state index is 13.8. The van der Waals surface area contributed by atoms with Gasteiger partial charge in [0.1, 0.15) is 24.5 Å². The Morgan fingerprint density at radius 3 is 1.67 bits per heavy atom. The van der Waals surface area contributed by atoms with E-state index in [1.54, 1.807) is 20.8 Å². The van der Waals surface area contributed by atoms with Crippen LogP contribution in [0.1, 0.15) is 120 Å². The molecule has 1 heterocycles. The van der Waals surface area contributed by atoms with Gasteiger partial charge in [0, 0.05) is 27.7 Å². The van der Waals surface area contributed by atoms with Gasteiger partial charge in [0.05, 0.1) is 0 Å². The fourth-order valence-corrected chi connectivity index (χ4v) is 4.98. The van der Waals surface area contributed by atoms with Crippen molar-refractivity contribution in [2.24, 2.45) is 0 Å². The fourth-order valence-electron chi connectivity index (χ4n) is 4.98. The van der Waals surface area contributed by atoms with Gasteiger partial charge in [-0.3, -0.25) is 24.0 Å². The number of alkyl carbamates (subject to hydrolysis) is 1.